The van der Waals surface area contributed by atoms with E-state index in [0.29, 0.717) is 24.3 Å². The smallest absolute Gasteiger partial charge is 0.310 e. The van der Waals surface area contributed by atoms with Crippen LogP contribution in [-0.2, 0) is 4.79 Å². The maximum atomic E-state index is 12.9. The van der Waals surface area contributed by atoms with E-state index >= 15 is 0 Å². The van der Waals surface area contributed by atoms with Crippen LogP contribution in [0.5, 0.6) is 5.75 Å². The molecule has 0 bridgehead atoms. The molecule has 0 aromatic heterocycles. The molecule has 3 rings (SSSR count). The summed E-state index contributed by atoms with van der Waals surface area (Å²) in [5.41, 5.74) is 0.556. The van der Waals surface area contributed by atoms with Gasteiger partial charge < -0.3 is 19.9 Å². The first-order valence-corrected chi connectivity index (χ1v) is 9.64. The van der Waals surface area contributed by atoms with Crippen molar-refractivity contribution in [2.24, 2.45) is 0 Å². The second-order valence-corrected chi connectivity index (χ2v) is 7.12. The van der Waals surface area contributed by atoms with Gasteiger partial charge in [-0.2, -0.15) is 0 Å². The monoisotopic (exact) mass is 412 g/mol. The lowest BCUT2D eigenvalue weighted by Gasteiger charge is -2.32. The Labute approximate surface area is 174 Å². The SMILES string of the molecule is C[C@@H](Oc1ccccc1[N+](=O)[O-])C(=O)Nc1ccccc1C(=O)N1CCN(C)CC1. The molecule has 1 saturated heterocycles. The molecule has 2 aromatic carbocycles. The number of carbonyl (C=O) groups excluding carboxylic acids is 2. The van der Waals surface area contributed by atoms with Crippen LogP contribution in [0, 0.1) is 10.1 Å². The van der Waals surface area contributed by atoms with Crippen LogP contribution in [-0.4, -0.2) is 65.9 Å². The van der Waals surface area contributed by atoms with Crippen LogP contribution >= 0.6 is 0 Å². The van der Waals surface area contributed by atoms with Crippen LogP contribution in [0.4, 0.5) is 11.4 Å². The Morgan fingerprint density at radius 1 is 1.07 bits per heavy atom. The summed E-state index contributed by atoms with van der Waals surface area (Å²) in [4.78, 5) is 40.1. The molecule has 1 aliphatic rings. The van der Waals surface area contributed by atoms with Gasteiger partial charge in [-0.15, -0.1) is 0 Å². The van der Waals surface area contributed by atoms with E-state index in [2.05, 4.69) is 10.2 Å². The highest BCUT2D eigenvalue weighted by atomic mass is 16.6. The standard InChI is InChI=1S/C21H24N4O5/c1-15(30-19-10-6-5-9-18(19)25(28)29)20(26)22-17-8-4-3-7-16(17)21(27)24-13-11-23(2)12-14-24/h3-10,15H,11-14H2,1-2H3,(H,22,26)/t15-/m1/s1. The number of rotatable bonds is 6. The summed E-state index contributed by atoms with van der Waals surface area (Å²) in [6.07, 6.45) is -1.00. The molecular formula is C21H24N4O5. The number of nitrogens with zero attached hydrogens (tertiary/aromatic N) is 3. The van der Waals surface area contributed by atoms with E-state index in [4.69, 9.17) is 4.74 Å². The molecule has 1 aliphatic heterocycles. The van der Waals surface area contributed by atoms with Crippen LogP contribution in [0.1, 0.15) is 17.3 Å². The van der Waals surface area contributed by atoms with Crippen LogP contribution in [0.15, 0.2) is 48.5 Å². The average Bonchev–Trinajstić information content (AvgIpc) is 2.74. The number of ether oxygens (including phenoxy) is 1. The summed E-state index contributed by atoms with van der Waals surface area (Å²) in [6.45, 7) is 4.32. The van der Waals surface area contributed by atoms with Gasteiger partial charge in [0.15, 0.2) is 11.9 Å². The fourth-order valence-corrected chi connectivity index (χ4v) is 3.14. The molecule has 1 N–H and O–H groups in total. The zero-order valence-corrected chi connectivity index (χ0v) is 16.9. The number of nitro groups is 1. The van der Waals surface area contributed by atoms with Gasteiger partial charge in [0.25, 0.3) is 11.8 Å². The zero-order chi connectivity index (χ0) is 21.7. The molecule has 30 heavy (non-hydrogen) atoms. The van der Waals surface area contributed by atoms with E-state index in [9.17, 15) is 19.7 Å². The molecular weight excluding hydrogens is 388 g/mol. The number of para-hydroxylation sites is 3. The molecule has 0 saturated carbocycles. The molecule has 9 nitrogen and oxygen atoms in total. The number of anilines is 1. The first-order valence-electron chi connectivity index (χ1n) is 9.64. The fourth-order valence-electron chi connectivity index (χ4n) is 3.14. The number of hydrogen-bond acceptors (Lipinski definition) is 6. The third-order valence-electron chi connectivity index (χ3n) is 4.94. The van der Waals surface area contributed by atoms with E-state index in [-0.39, 0.29) is 17.3 Å². The number of hydrogen-bond donors (Lipinski definition) is 1. The number of likely N-dealkylation sites (N-methyl/N-ethyl adjacent to an activating group) is 1. The average molecular weight is 412 g/mol. The Kier molecular flexibility index (Phi) is 6.63. The van der Waals surface area contributed by atoms with Crippen LogP contribution < -0.4 is 10.1 Å². The van der Waals surface area contributed by atoms with Gasteiger partial charge in [0.2, 0.25) is 0 Å². The third-order valence-corrected chi connectivity index (χ3v) is 4.94. The van der Waals surface area contributed by atoms with E-state index in [0.717, 1.165) is 13.1 Å². The molecule has 1 fully saturated rings. The van der Waals surface area contributed by atoms with Crippen molar-refractivity contribution in [3.05, 3.63) is 64.2 Å². The number of carbonyl (C=O) groups is 2. The fraction of sp³-hybridized carbons (Fsp3) is 0.333. The van der Waals surface area contributed by atoms with Gasteiger partial charge in [-0.3, -0.25) is 19.7 Å². The molecule has 1 atom stereocenters. The largest absolute Gasteiger partial charge is 0.474 e. The van der Waals surface area contributed by atoms with E-state index in [1.54, 1.807) is 35.2 Å². The number of piperazine rings is 1. The molecule has 2 amide bonds. The van der Waals surface area contributed by atoms with Gasteiger partial charge in [0.1, 0.15) is 0 Å². The highest BCUT2D eigenvalue weighted by Crippen LogP contribution is 2.27. The topological polar surface area (TPSA) is 105 Å². The van der Waals surface area contributed by atoms with Crippen LogP contribution in [0.25, 0.3) is 0 Å². The van der Waals surface area contributed by atoms with Gasteiger partial charge >= 0.3 is 5.69 Å². The minimum Gasteiger partial charge on any atom is -0.474 e. The first kappa shape index (κ1) is 21.3. The van der Waals surface area contributed by atoms with Crippen LogP contribution in [0.3, 0.4) is 0 Å². The minimum atomic E-state index is -1.00. The van der Waals surface area contributed by atoms with E-state index in [1.807, 2.05) is 7.05 Å². The van der Waals surface area contributed by atoms with Gasteiger partial charge in [-0.25, -0.2) is 0 Å². The highest BCUT2D eigenvalue weighted by Gasteiger charge is 2.25. The molecule has 9 heteroatoms. The maximum Gasteiger partial charge on any atom is 0.310 e. The Morgan fingerprint density at radius 3 is 2.40 bits per heavy atom. The predicted molar refractivity (Wildman–Crippen MR) is 112 cm³/mol. The van der Waals surface area contributed by atoms with Crippen molar-refractivity contribution in [1.82, 2.24) is 9.80 Å². The Morgan fingerprint density at radius 2 is 1.70 bits per heavy atom. The van der Waals surface area contributed by atoms with Crippen molar-refractivity contribution in [3.8, 4) is 5.75 Å². The summed E-state index contributed by atoms with van der Waals surface area (Å²) < 4.78 is 5.51. The lowest BCUT2D eigenvalue weighted by atomic mass is 10.1. The number of benzene rings is 2. The van der Waals surface area contributed by atoms with Gasteiger partial charge in [0, 0.05) is 32.2 Å². The van der Waals surface area contributed by atoms with Gasteiger partial charge in [-0.1, -0.05) is 24.3 Å². The van der Waals surface area contributed by atoms with Gasteiger partial charge in [0.05, 0.1) is 16.2 Å². The minimum absolute atomic E-state index is 0.00643. The van der Waals surface area contributed by atoms with Crippen LogP contribution in [0.2, 0.25) is 0 Å². The van der Waals surface area contributed by atoms with Crippen molar-refractivity contribution < 1.29 is 19.2 Å². The Bertz CT molecular complexity index is 940. The molecule has 0 spiro atoms. The molecule has 0 aliphatic carbocycles. The number of amides is 2. The van der Waals surface area contributed by atoms with Crippen molar-refractivity contribution in [1.29, 1.82) is 0 Å². The lowest BCUT2D eigenvalue weighted by Crippen LogP contribution is -2.47. The first-order chi connectivity index (χ1) is 14.4. The quantitative estimate of drug-likeness (QED) is 0.577. The number of nitro benzene ring substituents is 1. The highest BCUT2D eigenvalue weighted by molar-refractivity contribution is 6.04. The second kappa shape index (κ2) is 9.36. The van der Waals surface area contributed by atoms with Crippen molar-refractivity contribution in [2.45, 2.75) is 13.0 Å². The van der Waals surface area contributed by atoms with Gasteiger partial charge in [-0.05, 0) is 32.2 Å². The third kappa shape index (κ3) is 4.93. The van der Waals surface area contributed by atoms with Crippen molar-refractivity contribution in [3.63, 3.8) is 0 Å². The summed E-state index contributed by atoms with van der Waals surface area (Å²) in [7, 11) is 2.01. The summed E-state index contributed by atoms with van der Waals surface area (Å²) in [5.74, 6) is -0.648. The Balaban J connectivity index is 1.71. The lowest BCUT2D eigenvalue weighted by molar-refractivity contribution is -0.386. The molecule has 1 heterocycles. The van der Waals surface area contributed by atoms with E-state index < -0.39 is 16.9 Å². The normalized spacial score (nSPS) is 15.3. The Hall–Kier alpha value is -3.46. The van der Waals surface area contributed by atoms with E-state index in [1.165, 1.54) is 25.1 Å². The molecule has 2 aromatic rings. The predicted octanol–water partition coefficient (Wildman–Crippen LogP) is 2.39. The molecule has 0 radical (unpaired) electrons. The summed E-state index contributed by atoms with van der Waals surface area (Å²) >= 11 is 0. The molecule has 0 unspecified atom stereocenters. The number of nitrogens with one attached hydrogen (secondary N) is 1. The summed E-state index contributed by atoms with van der Waals surface area (Å²) in [5, 5.41) is 13.9. The molecule has 158 valence electrons. The maximum absolute atomic E-state index is 12.9. The van der Waals surface area contributed by atoms with Crippen molar-refractivity contribution >= 4 is 23.2 Å². The second-order valence-electron chi connectivity index (χ2n) is 7.12. The van der Waals surface area contributed by atoms with Crippen molar-refractivity contribution in [2.75, 3.05) is 38.5 Å². The zero-order valence-electron chi connectivity index (χ0n) is 16.9. The summed E-state index contributed by atoms with van der Waals surface area (Å²) in [6, 6.07) is 12.7.